The Balaban J connectivity index is 2.45. The number of ether oxygens (including phenoxy) is 1. The summed E-state index contributed by atoms with van der Waals surface area (Å²) in [6.07, 6.45) is -3.42. The molecule has 0 bridgehead atoms. The normalized spacial score (nSPS) is 20.3. The maximum absolute atomic E-state index is 12.1. The van der Waals surface area contributed by atoms with Crippen LogP contribution in [0, 0.1) is 5.92 Å². The molecular formula is C10H16F3NO2. The minimum atomic E-state index is -4.21. The molecule has 1 N–H and O–H groups in total. The molecule has 0 aromatic rings. The molecule has 6 heteroatoms. The van der Waals surface area contributed by atoms with Crippen LogP contribution in [0.25, 0.3) is 0 Å². The van der Waals surface area contributed by atoms with Crippen LogP contribution in [0.1, 0.15) is 26.2 Å². The Bertz CT molecular complexity index is 251. The second-order valence-corrected chi connectivity index (χ2v) is 4.23. The van der Waals surface area contributed by atoms with E-state index in [9.17, 15) is 18.0 Å². The average molecular weight is 239 g/mol. The number of hydrogen-bond acceptors (Lipinski definition) is 3. The van der Waals surface area contributed by atoms with Crippen LogP contribution >= 0.6 is 0 Å². The van der Waals surface area contributed by atoms with Gasteiger partial charge in [0.15, 0.2) is 0 Å². The van der Waals surface area contributed by atoms with E-state index in [0.29, 0.717) is 0 Å². The molecular weight excluding hydrogens is 223 g/mol. The van der Waals surface area contributed by atoms with Crippen LogP contribution in [-0.4, -0.2) is 31.3 Å². The molecule has 0 aromatic carbocycles. The molecule has 0 heterocycles. The molecule has 0 radical (unpaired) electrons. The zero-order valence-corrected chi connectivity index (χ0v) is 9.30. The van der Waals surface area contributed by atoms with Crippen molar-refractivity contribution in [3.63, 3.8) is 0 Å². The lowest BCUT2D eigenvalue weighted by Crippen LogP contribution is -2.45. The third-order valence-corrected chi connectivity index (χ3v) is 2.55. The summed E-state index contributed by atoms with van der Waals surface area (Å²) in [6.45, 7) is 1.42. The SMILES string of the molecule is COC(=O)C(NC(C)CC(F)(F)F)C1CC1. The average Bonchev–Trinajstić information content (AvgIpc) is 2.93. The molecule has 16 heavy (non-hydrogen) atoms. The fourth-order valence-corrected chi connectivity index (χ4v) is 1.67. The van der Waals surface area contributed by atoms with Crippen LogP contribution in [0.4, 0.5) is 13.2 Å². The fourth-order valence-electron chi connectivity index (χ4n) is 1.67. The summed E-state index contributed by atoms with van der Waals surface area (Å²) in [5, 5.41) is 2.69. The van der Waals surface area contributed by atoms with Crippen molar-refractivity contribution in [3.8, 4) is 0 Å². The maximum atomic E-state index is 12.1. The van der Waals surface area contributed by atoms with Crippen LogP contribution in [0.15, 0.2) is 0 Å². The molecule has 1 aliphatic carbocycles. The van der Waals surface area contributed by atoms with Crippen LogP contribution in [0.5, 0.6) is 0 Å². The first-order valence-corrected chi connectivity index (χ1v) is 5.24. The van der Waals surface area contributed by atoms with Crippen molar-refractivity contribution in [2.45, 2.75) is 44.4 Å². The molecule has 1 saturated carbocycles. The standard InChI is InChI=1S/C10H16F3NO2/c1-6(5-10(11,12)13)14-8(7-3-4-7)9(15)16-2/h6-8,14H,3-5H2,1-2H3. The highest BCUT2D eigenvalue weighted by atomic mass is 19.4. The third kappa shape index (κ3) is 4.38. The van der Waals surface area contributed by atoms with Crippen LogP contribution in [-0.2, 0) is 9.53 Å². The third-order valence-electron chi connectivity index (χ3n) is 2.55. The van der Waals surface area contributed by atoms with Gasteiger partial charge >= 0.3 is 12.1 Å². The summed E-state index contributed by atoms with van der Waals surface area (Å²) in [6, 6.07) is -1.37. The van der Waals surface area contributed by atoms with Crippen molar-refractivity contribution < 1.29 is 22.7 Å². The van der Waals surface area contributed by atoms with Gasteiger partial charge in [-0.3, -0.25) is 4.79 Å². The Kier molecular flexibility index (Phi) is 4.18. The van der Waals surface area contributed by atoms with Gasteiger partial charge in [-0.15, -0.1) is 0 Å². The van der Waals surface area contributed by atoms with E-state index in [1.165, 1.54) is 14.0 Å². The van der Waals surface area contributed by atoms with Crippen LogP contribution in [0.3, 0.4) is 0 Å². The predicted octanol–water partition coefficient (Wildman–Crippen LogP) is 1.87. The van der Waals surface area contributed by atoms with E-state index in [0.717, 1.165) is 12.8 Å². The van der Waals surface area contributed by atoms with E-state index < -0.39 is 30.7 Å². The molecule has 1 aliphatic rings. The molecule has 1 fully saturated rings. The minimum absolute atomic E-state index is 0.128. The molecule has 2 unspecified atom stereocenters. The number of hydrogen-bond donors (Lipinski definition) is 1. The molecule has 0 aliphatic heterocycles. The summed E-state index contributed by atoms with van der Waals surface area (Å²) >= 11 is 0. The molecule has 3 nitrogen and oxygen atoms in total. The first-order chi connectivity index (χ1) is 7.33. The summed E-state index contributed by atoms with van der Waals surface area (Å²) in [5.41, 5.74) is 0. The molecule has 2 atom stereocenters. The van der Waals surface area contributed by atoms with Crippen molar-refractivity contribution >= 4 is 5.97 Å². The van der Waals surface area contributed by atoms with Crippen molar-refractivity contribution in [1.82, 2.24) is 5.32 Å². The van der Waals surface area contributed by atoms with E-state index in [2.05, 4.69) is 10.1 Å². The first-order valence-electron chi connectivity index (χ1n) is 5.24. The number of carbonyl (C=O) groups is 1. The Labute approximate surface area is 92.3 Å². The van der Waals surface area contributed by atoms with Crippen molar-refractivity contribution in [1.29, 1.82) is 0 Å². The van der Waals surface area contributed by atoms with Gasteiger partial charge in [-0.05, 0) is 25.7 Å². The summed E-state index contributed by atoms with van der Waals surface area (Å²) in [4.78, 5) is 11.3. The number of halogens is 3. The molecule has 0 amide bonds. The first kappa shape index (κ1) is 13.3. The van der Waals surface area contributed by atoms with Gasteiger partial charge in [0.2, 0.25) is 0 Å². The smallest absolute Gasteiger partial charge is 0.390 e. The van der Waals surface area contributed by atoms with Crippen molar-refractivity contribution in [2.24, 2.45) is 5.92 Å². The maximum Gasteiger partial charge on any atom is 0.390 e. The number of methoxy groups -OCH3 is 1. The second-order valence-electron chi connectivity index (χ2n) is 4.23. The minimum Gasteiger partial charge on any atom is -0.468 e. The lowest BCUT2D eigenvalue weighted by molar-refractivity contribution is -0.148. The molecule has 1 rings (SSSR count). The quantitative estimate of drug-likeness (QED) is 0.744. The van der Waals surface area contributed by atoms with E-state index in [4.69, 9.17) is 0 Å². The highest BCUT2D eigenvalue weighted by Gasteiger charge is 2.39. The van der Waals surface area contributed by atoms with Gasteiger partial charge in [0, 0.05) is 6.04 Å². The highest BCUT2D eigenvalue weighted by molar-refractivity contribution is 5.76. The summed E-state index contributed by atoms with van der Waals surface area (Å²) < 4.78 is 40.9. The molecule has 94 valence electrons. The zero-order valence-electron chi connectivity index (χ0n) is 9.30. The lowest BCUT2D eigenvalue weighted by atomic mass is 10.1. The van der Waals surface area contributed by atoms with E-state index in [-0.39, 0.29) is 5.92 Å². The number of esters is 1. The van der Waals surface area contributed by atoms with Crippen LogP contribution < -0.4 is 5.32 Å². The van der Waals surface area contributed by atoms with Gasteiger partial charge in [0.25, 0.3) is 0 Å². The van der Waals surface area contributed by atoms with Crippen molar-refractivity contribution in [3.05, 3.63) is 0 Å². The zero-order chi connectivity index (χ0) is 12.3. The molecule has 0 spiro atoms. The Morgan fingerprint density at radius 1 is 1.50 bits per heavy atom. The summed E-state index contributed by atoms with van der Waals surface area (Å²) in [5.74, 6) is -0.348. The largest absolute Gasteiger partial charge is 0.468 e. The fraction of sp³-hybridized carbons (Fsp3) is 0.900. The monoisotopic (exact) mass is 239 g/mol. The number of nitrogens with one attached hydrogen (secondary N) is 1. The summed E-state index contributed by atoms with van der Waals surface area (Å²) in [7, 11) is 1.24. The van der Waals surface area contributed by atoms with E-state index >= 15 is 0 Å². The topological polar surface area (TPSA) is 38.3 Å². The van der Waals surface area contributed by atoms with E-state index in [1.54, 1.807) is 0 Å². The van der Waals surface area contributed by atoms with Gasteiger partial charge in [-0.1, -0.05) is 0 Å². The van der Waals surface area contributed by atoms with Gasteiger partial charge in [0.05, 0.1) is 13.5 Å². The number of alkyl halides is 3. The number of rotatable bonds is 5. The van der Waals surface area contributed by atoms with Gasteiger partial charge in [-0.25, -0.2) is 0 Å². The molecule has 0 aromatic heterocycles. The van der Waals surface area contributed by atoms with Crippen molar-refractivity contribution in [2.75, 3.05) is 7.11 Å². The predicted molar refractivity (Wildman–Crippen MR) is 51.8 cm³/mol. The Morgan fingerprint density at radius 3 is 2.44 bits per heavy atom. The lowest BCUT2D eigenvalue weighted by Gasteiger charge is -2.22. The molecule has 0 saturated heterocycles. The van der Waals surface area contributed by atoms with Gasteiger partial charge in [0.1, 0.15) is 6.04 Å². The Hall–Kier alpha value is -0.780. The second kappa shape index (κ2) is 5.03. The van der Waals surface area contributed by atoms with Gasteiger partial charge in [-0.2, -0.15) is 13.2 Å². The highest BCUT2D eigenvalue weighted by Crippen LogP contribution is 2.34. The van der Waals surface area contributed by atoms with Gasteiger partial charge < -0.3 is 10.1 Å². The number of carbonyl (C=O) groups excluding carboxylic acids is 1. The van der Waals surface area contributed by atoms with E-state index in [1.807, 2.05) is 0 Å². The van der Waals surface area contributed by atoms with Crippen LogP contribution in [0.2, 0.25) is 0 Å². The Morgan fingerprint density at radius 2 is 2.06 bits per heavy atom.